The molecule has 0 spiro atoms. The second-order valence-corrected chi connectivity index (χ2v) is 8.56. The number of carbonyl (C=O) groups excluding carboxylic acids is 1. The summed E-state index contributed by atoms with van der Waals surface area (Å²) in [6, 6.07) is 0.722. The third-order valence-electron chi connectivity index (χ3n) is 4.69. The Morgan fingerprint density at radius 1 is 1.39 bits per heavy atom. The number of nitrogens with zero attached hydrogens (tertiary/aromatic N) is 2. The third kappa shape index (κ3) is 4.67. The van der Waals surface area contributed by atoms with E-state index in [9.17, 15) is 14.7 Å². The summed E-state index contributed by atoms with van der Waals surface area (Å²) < 4.78 is 10.4. The minimum atomic E-state index is -1.10. The van der Waals surface area contributed by atoms with Crippen molar-refractivity contribution in [2.24, 2.45) is 5.41 Å². The highest BCUT2D eigenvalue weighted by molar-refractivity contribution is 6.07. The first kappa shape index (κ1) is 20.3. The zero-order valence-electron chi connectivity index (χ0n) is 16.7. The first-order valence-electron chi connectivity index (χ1n) is 9.51. The molecule has 0 aliphatic heterocycles. The molecule has 28 heavy (non-hydrogen) atoms. The van der Waals surface area contributed by atoms with Gasteiger partial charge in [-0.1, -0.05) is 25.9 Å². The van der Waals surface area contributed by atoms with E-state index in [1.807, 2.05) is 0 Å². The van der Waals surface area contributed by atoms with E-state index in [2.05, 4.69) is 36.2 Å². The van der Waals surface area contributed by atoms with Gasteiger partial charge in [-0.2, -0.15) is 0 Å². The third-order valence-corrected chi connectivity index (χ3v) is 4.69. The highest BCUT2D eigenvalue weighted by Crippen LogP contribution is 2.41. The van der Waals surface area contributed by atoms with Crippen LogP contribution in [0, 0.1) is 5.41 Å². The summed E-state index contributed by atoms with van der Waals surface area (Å²) in [6.07, 6.45) is 2.83. The van der Waals surface area contributed by atoms with Gasteiger partial charge < -0.3 is 19.7 Å². The summed E-state index contributed by atoms with van der Waals surface area (Å²) in [7, 11) is 1.49. The Labute approximate surface area is 163 Å². The number of nitrogens with one attached hydrogen (secondary N) is 1. The van der Waals surface area contributed by atoms with Crippen LogP contribution in [0.5, 0.6) is 0 Å². The lowest BCUT2D eigenvalue weighted by atomic mass is 9.89. The van der Waals surface area contributed by atoms with E-state index in [4.69, 9.17) is 9.26 Å². The number of amides is 1. The Hall–Kier alpha value is -2.48. The van der Waals surface area contributed by atoms with Gasteiger partial charge in [0.2, 0.25) is 0 Å². The van der Waals surface area contributed by atoms with Crippen molar-refractivity contribution in [3.05, 3.63) is 23.0 Å². The van der Waals surface area contributed by atoms with Crippen molar-refractivity contribution in [2.75, 3.05) is 13.7 Å². The molecule has 2 N–H and O–H groups in total. The van der Waals surface area contributed by atoms with Crippen LogP contribution < -0.4 is 5.32 Å². The van der Waals surface area contributed by atoms with Crippen LogP contribution in [0.1, 0.15) is 67.7 Å². The fraction of sp³-hybridized carbons (Fsp3) is 0.600. The maximum atomic E-state index is 13.0. The molecule has 1 saturated carbocycles. The van der Waals surface area contributed by atoms with Gasteiger partial charge >= 0.3 is 5.97 Å². The summed E-state index contributed by atoms with van der Waals surface area (Å²) in [4.78, 5) is 29.1. The van der Waals surface area contributed by atoms with Crippen molar-refractivity contribution in [3.8, 4) is 0 Å². The molecule has 0 radical (unpaired) electrons. The van der Waals surface area contributed by atoms with Crippen LogP contribution in [0.15, 0.2) is 10.6 Å². The van der Waals surface area contributed by atoms with Crippen LogP contribution in [0.3, 0.4) is 0 Å². The number of carboxylic acids is 1. The number of fused-ring (bicyclic) bond motifs is 1. The van der Waals surface area contributed by atoms with Crippen molar-refractivity contribution in [1.29, 1.82) is 0 Å². The fourth-order valence-corrected chi connectivity index (χ4v) is 3.15. The molecule has 1 amide bonds. The summed E-state index contributed by atoms with van der Waals surface area (Å²) in [5.74, 6) is -1.25. The Kier molecular flexibility index (Phi) is 5.69. The predicted molar refractivity (Wildman–Crippen MR) is 102 cm³/mol. The molecule has 2 aromatic rings. The van der Waals surface area contributed by atoms with Gasteiger partial charge in [-0.3, -0.25) is 4.79 Å². The number of rotatable bonds is 8. The number of hydrogen-bond acceptors (Lipinski definition) is 6. The van der Waals surface area contributed by atoms with Crippen LogP contribution in [0.2, 0.25) is 0 Å². The van der Waals surface area contributed by atoms with Gasteiger partial charge in [0.1, 0.15) is 6.04 Å². The average molecular weight is 389 g/mol. The second kappa shape index (κ2) is 7.87. The van der Waals surface area contributed by atoms with E-state index in [0.29, 0.717) is 34.7 Å². The quantitative estimate of drug-likeness (QED) is 0.713. The maximum absolute atomic E-state index is 13.0. The molecule has 152 valence electrons. The lowest BCUT2D eigenvalue weighted by Crippen LogP contribution is -2.41. The molecule has 2 heterocycles. The molecule has 8 heteroatoms. The molecule has 0 bridgehead atoms. The molecule has 1 aliphatic rings. The van der Waals surface area contributed by atoms with Gasteiger partial charge in [0.25, 0.3) is 11.6 Å². The molecule has 3 rings (SSSR count). The molecule has 0 aromatic carbocycles. The van der Waals surface area contributed by atoms with Crippen LogP contribution in [-0.4, -0.2) is 46.9 Å². The van der Waals surface area contributed by atoms with Crippen molar-refractivity contribution in [2.45, 2.75) is 58.4 Å². The monoisotopic (exact) mass is 389 g/mol. The number of aromatic nitrogens is 2. The molecule has 1 fully saturated rings. The van der Waals surface area contributed by atoms with Gasteiger partial charge in [0.15, 0.2) is 0 Å². The smallest absolute Gasteiger partial charge is 0.326 e. The van der Waals surface area contributed by atoms with E-state index in [1.54, 1.807) is 6.07 Å². The lowest BCUT2D eigenvalue weighted by molar-refractivity contribution is -0.139. The highest BCUT2D eigenvalue weighted by atomic mass is 16.5. The summed E-state index contributed by atoms with van der Waals surface area (Å²) >= 11 is 0. The van der Waals surface area contributed by atoms with E-state index < -0.39 is 17.9 Å². The fourth-order valence-electron chi connectivity index (χ4n) is 3.15. The number of pyridine rings is 1. The topological polar surface area (TPSA) is 115 Å². The summed E-state index contributed by atoms with van der Waals surface area (Å²) in [5, 5.41) is 16.7. The molecule has 1 aliphatic carbocycles. The number of methoxy groups -OCH3 is 1. The Morgan fingerprint density at radius 3 is 2.68 bits per heavy atom. The van der Waals surface area contributed by atoms with Crippen molar-refractivity contribution in [1.82, 2.24) is 15.5 Å². The molecular formula is C20H27N3O5. The van der Waals surface area contributed by atoms with E-state index in [1.165, 1.54) is 7.11 Å². The lowest BCUT2D eigenvalue weighted by Gasteiger charge is -2.17. The van der Waals surface area contributed by atoms with Crippen molar-refractivity contribution >= 4 is 23.0 Å². The molecule has 1 unspecified atom stereocenters. The standard InChI is InChI=1S/C20H27N3O5/c1-20(2,3)10-15-16-12(17(24)21-13(19(25)26)7-8-27-4)9-14(11-5-6-11)22-18(16)28-23-15/h9,11,13H,5-8,10H2,1-4H3,(H,21,24)(H,25,26). The zero-order chi connectivity index (χ0) is 20.5. The summed E-state index contributed by atoms with van der Waals surface area (Å²) in [5.41, 5.74) is 2.09. The first-order valence-corrected chi connectivity index (χ1v) is 9.51. The van der Waals surface area contributed by atoms with E-state index >= 15 is 0 Å². The minimum Gasteiger partial charge on any atom is -0.480 e. The second-order valence-electron chi connectivity index (χ2n) is 8.56. The van der Waals surface area contributed by atoms with Gasteiger partial charge in [-0.15, -0.1) is 0 Å². The molecule has 2 aromatic heterocycles. The van der Waals surface area contributed by atoms with Crippen molar-refractivity contribution < 1.29 is 24.0 Å². The Balaban J connectivity index is 1.99. The van der Waals surface area contributed by atoms with Crippen LogP contribution in [-0.2, 0) is 16.0 Å². The summed E-state index contributed by atoms with van der Waals surface area (Å²) in [6.45, 7) is 6.46. The maximum Gasteiger partial charge on any atom is 0.326 e. The number of ether oxygens (including phenoxy) is 1. The van der Waals surface area contributed by atoms with Gasteiger partial charge in [0.05, 0.1) is 16.6 Å². The van der Waals surface area contributed by atoms with Crippen molar-refractivity contribution in [3.63, 3.8) is 0 Å². The average Bonchev–Trinajstić information content (AvgIpc) is 3.39. The molecule has 0 saturated heterocycles. The van der Waals surface area contributed by atoms with Gasteiger partial charge in [-0.25, -0.2) is 9.78 Å². The highest BCUT2D eigenvalue weighted by Gasteiger charge is 2.31. The molecular weight excluding hydrogens is 362 g/mol. The normalized spacial score (nSPS) is 15.6. The SMILES string of the molecule is COCCC(NC(=O)c1cc(C2CC2)nc2onc(CC(C)(C)C)c12)C(=O)O. The first-order chi connectivity index (χ1) is 13.2. The molecule has 8 nitrogen and oxygen atoms in total. The zero-order valence-corrected chi connectivity index (χ0v) is 16.7. The Bertz CT molecular complexity index is 880. The van der Waals surface area contributed by atoms with Crippen LogP contribution in [0.4, 0.5) is 0 Å². The van der Waals surface area contributed by atoms with E-state index in [-0.39, 0.29) is 18.4 Å². The van der Waals surface area contributed by atoms with Gasteiger partial charge in [-0.05, 0) is 30.7 Å². The molecule has 1 atom stereocenters. The predicted octanol–water partition coefficient (Wildman–Crippen LogP) is 2.91. The number of hydrogen-bond donors (Lipinski definition) is 2. The van der Waals surface area contributed by atoms with Gasteiger partial charge in [0, 0.05) is 31.7 Å². The largest absolute Gasteiger partial charge is 0.480 e. The minimum absolute atomic E-state index is 0.0607. The number of carbonyl (C=O) groups is 2. The van der Waals surface area contributed by atoms with E-state index in [0.717, 1.165) is 18.5 Å². The Morgan fingerprint density at radius 2 is 2.11 bits per heavy atom. The van der Waals surface area contributed by atoms with Crippen LogP contribution in [0.25, 0.3) is 11.1 Å². The number of carboxylic acid groups (broad SMARTS) is 1. The number of aliphatic carboxylic acids is 1. The van der Waals surface area contributed by atoms with Crippen LogP contribution >= 0.6 is 0 Å².